The first kappa shape index (κ1) is 20.9. The number of hydrogen-bond donors (Lipinski definition) is 2. The predicted molar refractivity (Wildman–Crippen MR) is 120 cm³/mol. The molecule has 1 N–H and O–H groups in total. The van der Waals surface area contributed by atoms with Gasteiger partial charge in [0.25, 0.3) is 0 Å². The largest absolute Gasteiger partial charge is 0.493 e. The monoisotopic (exact) mass is 437 g/mol. The Balaban J connectivity index is 1.56. The molecular formula is C24H23NO5S. The molecule has 0 unspecified atom stereocenters. The summed E-state index contributed by atoms with van der Waals surface area (Å²) in [6.07, 6.45) is 1.53. The third-order valence-electron chi connectivity index (χ3n) is 5.65. The maximum Gasteiger partial charge on any atom is 0.235 e. The zero-order chi connectivity index (χ0) is 22.0. The van der Waals surface area contributed by atoms with E-state index in [1.165, 1.54) is 0 Å². The van der Waals surface area contributed by atoms with Gasteiger partial charge in [0, 0.05) is 5.69 Å². The van der Waals surface area contributed by atoms with Crippen molar-refractivity contribution in [2.75, 3.05) is 19.5 Å². The molecule has 0 spiro atoms. The van der Waals surface area contributed by atoms with Crippen LogP contribution in [0.25, 0.3) is 11.1 Å². The van der Waals surface area contributed by atoms with Gasteiger partial charge in [0.1, 0.15) is 0 Å². The molecule has 7 heteroatoms. The molecule has 1 amide bonds. The summed E-state index contributed by atoms with van der Waals surface area (Å²) >= 11 is 0. The van der Waals surface area contributed by atoms with Crippen molar-refractivity contribution in [3.63, 3.8) is 0 Å². The van der Waals surface area contributed by atoms with Gasteiger partial charge in [0.2, 0.25) is 5.91 Å². The van der Waals surface area contributed by atoms with Crippen molar-refractivity contribution in [1.82, 2.24) is 0 Å². The summed E-state index contributed by atoms with van der Waals surface area (Å²) in [5.74, 6) is 1.17. The third-order valence-corrected chi connectivity index (χ3v) is 6.37. The smallest absolute Gasteiger partial charge is 0.235 e. The van der Waals surface area contributed by atoms with Gasteiger partial charge < -0.3 is 14.8 Å². The van der Waals surface area contributed by atoms with Crippen molar-refractivity contribution >= 4 is 22.3 Å². The van der Waals surface area contributed by atoms with E-state index in [2.05, 4.69) is 5.32 Å². The minimum absolute atomic E-state index is 0.0597. The first-order chi connectivity index (χ1) is 15.0. The van der Waals surface area contributed by atoms with Crippen molar-refractivity contribution in [2.24, 2.45) is 0 Å². The van der Waals surface area contributed by atoms with Crippen LogP contribution >= 0.6 is 0 Å². The molecule has 3 aromatic carbocycles. The van der Waals surface area contributed by atoms with E-state index in [9.17, 15) is 13.2 Å². The number of ether oxygens (including phenoxy) is 2. The Bertz CT molecular complexity index is 1190. The summed E-state index contributed by atoms with van der Waals surface area (Å²) in [6.45, 7) is 0. The lowest BCUT2D eigenvalue weighted by Crippen LogP contribution is -2.27. The summed E-state index contributed by atoms with van der Waals surface area (Å²) in [6, 6.07) is 19.8. The van der Waals surface area contributed by atoms with Gasteiger partial charge in [-0.2, -0.15) is 0 Å². The van der Waals surface area contributed by atoms with Crippen LogP contribution in [0.4, 0.5) is 5.69 Å². The van der Waals surface area contributed by atoms with Crippen molar-refractivity contribution in [3.8, 4) is 22.6 Å². The van der Waals surface area contributed by atoms with Crippen LogP contribution in [-0.2, 0) is 20.9 Å². The summed E-state index contributed by atoms with van der Waals surface area (Å²) in [5, 5.41) is 3.04. The predicted octanol–water partition coefficient (Wildman–Crippen LogP) is 4.01. The Labute approximate surface area is 182 Å². The van der Waals surface area contributed by atoms with Crippen LogP contribution in [0.5, 0.6) is 11.5 Å². The fraction of sp³-hybridized carbons (Fsp3) is 0.208. The minimum atomic E-state index is -2.60. The Morgan fingerprint density at radius 1 is 0.871 bits per heavy atom. The van der Waals surface area contributed by atoms with E-state index >= 15 is 0 Å². The highest BCUT2D eigenvalue weighted by molar-refractivity contribution is 7.72. The van der Waals surface area contributed by atoms with Crippen molar-refractivity contribution in [3.05, 3.63) is 72.3 Å². The molecule has 0 saturated heterocycles. The first-order valence-electron chi connectivity index (χ1n) is 9.86. The van der Waals surface area contributed by atoms with Crippen LogP contribution in [-0.4, -0.2) is 28.5 Å². The van der Waals surface area contributed by atoms with E-state index in [1.54, 1.807) is 38.5 Å². The Morgan fingerprint density at radius 2 is 1.58 bits per heavy atom. The molecule has 0 aliphatic heterocycles. The Hall–Kier alpha value is -3.32. The fourth-order valence-corrected chi connectivity index (χ4v) is 4.10. The number of methoxy groups -OCH3 is 2. The maximum absolute atomic E-state index is 13.2. The molecule has 0 aromatic heterocycles. The lowest BCUT2D eigenvalue weighted by atomic mass is 9.94. The van der Waals surface area contributed by atoms with E-state index in [0.717, 1.165) is 29.5 Å². The normalized spacial score (nSPS) is 14.2. The molecule has 0 atom stereocenters. The zero-order valence-electron chi connectivity index (χ0n) is 17.3. The van der Waals surface area contributed by atoms with Gasteiger partial charge in [-0.3, -0.25) is 4.79 Å². The molecule has 1 fully saturated rings. The van der Waals surface area contributed by atoms with Crippen molar-refractivity contribution in [1.29, 1.82) is 0 Å². The van der Waals surface area contributed by atoms with Gasteiger partial charge >= 0.3 is 0 Å². The second-order valence-electron chi connectivity index (χ2n) is 7.49. The van der Waals surface area contributed by atoms with Gasteiger partial charge in [-0.05, 0) is 65.9 Å². The van der Waals surface area contributed by atoms with E-state index in [-0.39, 0.29) is 10.8 Å². The molecule has 1 saturated carbocycles. The fourth-order valence-electron chi connectivity index (χ4n) is 3.71. The van der Waals surface area contributed by atoms with Gasteiger partial charge in [-0.1, -0.05) is 30.3 Å². The number of amides is 1. The molecule has 4 rings (SSSR count). The zero-order valence-corrected chi connectivity index (χ0v) is 18.1. The highest BCUT2D eigenvalue weighted by Crippen LogP contribution is 2.50. The number of rotatable bonds is 7. The molecule has 31 heavy (non-hydrogen) atoms. The SMILES string of the molecule is COc1ccc(C2(C(=O)Nc3cccc(-c4ccc([SH](=O)=O)cc4)c3)CC2)cc1OC. The standard InChI is InChI=1S/C24H23NO5S/c1-29-21-11-8-18(15-22(21)30-2)24(12-13-24)23(26)25-19-5-3-4-17(14-19)16-6-9-20(10-7-16)31(27)28/h3-11,14-15,31H,12-13H2,1-2H3,(H,25,26). The van der Waals surface area contributed by atoms with Crippen molar-refractivity contribution in [2.45, 2.75) is 23.2 Å². The summed E-state index contributed by atoms with van der Waals surface area (Å²) in [5.41, 5.74) is 2.78. The molecule has 3 aromatic rings. The number of hydrogen-bond acceptors (Lipinski definition) is 5. The van der Waals surface area contributed by atoms with Gasteiger partial charge in [0.15, 0.2) is 22.2 Å². The van der Waals surface area contributed by atoms with Gasteiger partial charge in [0.05, 0.1) is 24.5 Å². The number of anilines is 1. The molecule has 160 valence electrons. The lowest BCUT2D eigenvalue weighted by molar-refractivity contribution is -0.118. The number of carbonyl (C=O) groups is 1. The molecule has 0 radical (unpaired) electrons. The number of thiol groups is 1. The highest BCUT2D eigenvalue weighted by Gasteiger charge is 2.51. The molecule has 6 nitrogen and oxygen atoms in total. The molecule has 0 heterocycles. The summed E-state index contributed by atoms with van der Waals surface area (Å²) < 4.78 is 32.9. The first-order valence-corrected chi connectivity index (χ1v) is 11.0. The quantitative estimate of drug-likeness (QED) is 0.546. The number of carbonyl (C=O) groups excluding carboxylic acids is 1. The van der Waals surface area contributed by atoms with E-state index < -0.39 is 16.1 Å². The van der Waals surface area contributed by atoms with E-state index in [1.807, 2.05) is 42.5 Å². The molecular weight excluding hydrogens is 414 g/mol. The summed E-state index contributed by atoms with van der Waals surface area (Å²) in [7, 11) is 0.556. The van der Waals surface area contributed by atoms with E-state index in [0.29, 0.717) is 17.2 Å². The average molecular weight is 438 g/mol. The highest BCUT2D eigenvalue weighted by atomic mass is 32.2. The van der Waals surface area contributed by atoms with Crippen LogP contribution in [0.3, 0.4) is 0 Å². The second kappa shape index (κ2) is 8.43. The van der Waals surface area contributed by atoms with Crippen LogP contribution in [0.2, 0.25) is 0 Å². The Kier molecular flexibility index (Phi) is 5.69. The summed E-state index contributed by atoms with van der Waals surface area (Å²) in [4.78, 5) is 13.4. The number of nitrogens with one attached hydrogen (secondary N) is 1. The lowest BCUT2D eigenvalue weighted by Gasteiger charge is -2.18. The second-order valence-corrected chi connectivity index (χ2v) is 8.52. The third kappa shape index (κ3) is 4.14. The minimum Gasteiger partial charge on any atom is -0.493 e. The van der Waals surface area contributed by atoms with Crippen LogP contribution in [0.15, 0.2) is 71.6 Å². The van der Waals surface area contributed by atoms with Crippen LogP contribution < -0.4 is 14.8 Å². The maximum atomic E-state index is 13.2. The van der Waals surface area contributed by atoms with Gasteiger partial charge in [-0.25, -0.2) is 8.42 Å². The number of benzene rings is 3. The molecule has 1 aliphatic carbocycles. The van der Waals surface area contributed by atoms with Crippen LogP contribution in [0, 0.1) is 0 Å². The molecule has 0 bridgehead atoms. The average Bonchev–Trinajstić information content (AvgIpc) is 3.61. The molecule has 1 aliphatic rings. The van der Waals surface area contributed by atoms with Crippen LogP contribution in [0.1, 0.15) is 18.4 Å². The Morgan fingerprint density at radius 3 is 2.19 bits per heavy atom. The van der Waals surface area contributed by atoms with E-state index in [4.69, 9.17) is 9.47 Å². The topological polar surface area (TPSA) is 81.7 Å². The van der Waals surface area contributed by atoms with Gasteiger partial charge in [-0.15, -0.1) is 0 Å². The van der Waals surface area contributed by atoms with Crippen molar-refractivity contribution < 1.29 is 22.7 Å².